The number of nitrogens with one attached hydrogen (secondary N) is 1. The molecule has 0 unspecified atom stereocenters. The van der Waals surface area contributed by atoms with Crippen LogP contribution in [-0.4, -0.2) is 40.8 Å². The Morgan fingerprint density at radius 2 is 1.81 bits per heavy atom. The van der Waals surface area contributed by atoms with Crippen molar-refractivity contribution >= 4 is 28.9 Å². The summed E-state index contributed by atoms with van der Waals surface area (Å²) in [7, 11) is 1.31. The molecule has 7 nitrogen and oxygen atoms in total. The van der Waals surface area contributed by atoms with Gasteiger partial charge in [0, 0.05) is 13.6 Å². The maximum absolute atomic E-state index is 12.0. The van der Waals surface area contributed by atoms with Crippen LogP contribution in [0.25, 0.3) is 10.8 Å². The normalized spacial score (nSPS) is 11.9. The van der Waals surface area contributed by atoms with Crippen LogP contribution in [0.3, 0.4) is 0 Å². The summed E-state index contributed by atoms with van der Waals surface area (Å²) < 4.78 is 5.13. The van der Waals surface area contributed by atoms with E-state index in [-0.39, 0.29) is 5.96 Å². The van der Waals surface area contributed by atoms with Gasteiger partial charge in [-0.2, -0.15) is 0 Å². The highest BCUT2D eigenvalue weighted by molar-refractivity contribution is 5.98. The third-order valence-corrected chi connectivity index (χ3v) is 3.51. The highest BCUT2D eigenvalue weighted by atomic mass is 16.6. The van der Waals surface area contributed by atoms with E-state index in [1.165, 1.54) is 7.05 Å². The first-order valence-corrected chi connectivity index (χ1v) is 8.16. The van der Waals surface area contributed by atoms with Gasteiger partial charge in [0.05, 0.1) is 0 Å². The molecule has 0 atom stereocenters. The second-order valence-corrected chi connectivity index (χ2v) is 6.75. The summed E-state index contributed by atoms with van der Waals surface area (Å²) in [5, 5.41) is 14.3. The summed E-state index contributed by atoms with van der Waals surface area (Å²) in [6.45, 7) is 5.44. The van der Waals surface area contributed by atoms with Gasteiger partial charge in [0.25, 0.3) is 0 Å². The summed E-state index contributed by atoms with van der Waals surface area (Å²) in [6, 6.07) is 13.7. The molecule has 0 aliphatic heterocycles. The summed E-state index contributed by atoms with van der Waals surface area (Å²) in [6.07, 6.45) is -2.09. The van der Waals surface area contributed by atoms with Crippen molar-refractivity contribution < 1.29 is 19.4 Å². The molecule has 0 aromatic heterocycles. The monoisotopic (exact) mass is 357 g/mol. The van der Waals surface area contributed by atoms with E-state index >= 15 is 0 Å². The number of hydrogen-bond acceptors (Lipinski definition) is 3. The molecule has 2 rings (SSSR count). The van der Waals surface area contributed by atoms with E-state index < -0.39 is 17.8 Å². The van der Waals surface area contributed by atoms with Crippen molar-refractivity contribution in [2.45, 2.75) is 32.9 Å². The molecule has 0 saturated heterocycles. The lowest BCUT2D eigenvalue weighted by Crippen LogP contribution is -2.42. The van der Waals surface area contributed by atoms with Gasteiger partial charge in [-0.25, -0.2) is 9.59 Å². The Labute approximate surface area is 152 Å². The Bertz CT molecular complexity index is 835. The van der Waals surface area contributed by atoms with Crippen molar-refractivity contribution in [2.24, 2.45) is 4.99 Å². The van der Waals surface area contributed by atoms with E-state index in [1.807, 2.05) is 42.5 Å². The highest BCUT2D eigenvalue weighted by Gasteiger charge is 2.20. The largest absolute Gasteiger partial charge is 0.465 e. The van der Waals surface area contributed by atoms with Crippen LogP contribution < -0.4 is 5.32 Å². The maximum atomic E-state index is 12.0. The zero-order valence-corrected chi connectivity index (χ0v) is 15.3. The molecular weight excluding hydrogens is 334 g/mol. The fourth-order valence-electron chi connectivity index (χ4n) is 2.32. The molecule has 0 fully saturated rings. The average Bonchev–Trinajstić information content (AvgIpc) is 2.56. The summed E-state index contributed by atoms with van der Waals surface area (Å²) in [5.41, 5.74) is 0.238. The second kappa shape index (κ2) is 7.86. The smallest absolute Gasteiger partial charge is 0.437 e. The Hall–Kier alpha value is -3.09. The molecule has 2 amide bonds. The molecule has 2 N–H and O–H groups in total. The summed E-state index contributed by atoms with van der Waals surface area (Å²) >= 11 is 0. The third kappa shape index (κ3) is 5.20. The lowest BCUT2D eigenvalue weighted by atomic mass is 10.0. The van der Waals surface area contributed by atoms with Gasteiger partial charge in [0.15, 0.2) is 0 Å². The van der Waals surface area contributed by atoms with E-state index in [2.05, 4.69) is 10.3 Å². The van der Waals surface area contributed by atoms with Gasteiger partial charge in [-0.3, -0.25) is 4.90 Å². The number of benzene rings is 2. The number of ether oxygens (including phenoxy) is 1. The standard InChI is InChI=1S/C19H23N3O4/c1-19(2,3)26-17(23)21-16(22(4)18(24)25)20-12-14-10-7-9-13-8-5-6-11-15(13)14/h5-11H,12H2,1-4H3,(H,24,25)(H,20,21,23). The molecule has 138 valence electrons. The van der Waals surface area contributed by atoms with Crippen molar-refractivity contribution in [3.63, 3.8) is 0 Å². The molecule has 0 aliphatic carbocycles. The average molecular weight is 357 g/mol. The van der Waals surface area contributed by atoms with Crippen molar-refractivity contribution in [3.05, 3.63) is 48.0 Å². The Balaban J connectivity index is 2.24. The van der Waals surface area contributed by atoms with Gasteiger partial charge in [0.1, 0.15) is 5.60 Å². The van der Waals surface area contributed by atoms with Gasteiger partial charge in [-0.15, -0.1) is 4.99 Å². The quantitative estimate of drug-likeness (QED) is 0.629. The van der Waals surface area contributed by atoms with E-state index in [9.17, 15) is 14.7 Å². The van der Waals surface area contributed by atoms with Gasteiger partial charge in [-0.1, -0.05) is 42.5 Å². The van der Waals surface area contributed by atoms with Crippen LogP contribution >= 0.6 is 0 Å². The number of rotatable bonds is 2. The van der Waals surface area contributed by atoms with Crippen LogP contribution in [0.5, 0.6) is 0 Å². The molecule has 0 heterocycles. The second-order valence-electron chi connectivity index (χ2n) is 6.75. The number of guanidine groups is 1. The first kappa shape index (κ1) is 19.2. The fraction of sp³-hybridized carbons (Fsp3) is 0.316. The van der Waals surface area contributed by atoms with Crippen LogP contribution in [0.2, 0.25) is 0 Å². The molecule has 0 saturated carbocycles. The molecular formula is C19H23N3O4. The van der Waals surface area contributed by atoms with E-state index in [0.717, 1.165) is 21.2 Å². The predicted molar refractivity (Wildman–Crippen MR) is 100 cm³/mol. The number of amides is 2. The van der Waals surface area contributed by atoms with Crippen molar-refractivity contribution in [2.75, 3.05) is 7.05 Å². The van der Waals surface area contributed by atoms with Crippen molar-refractivity contribution in [1.29, 1.82) is 0 Å². The SMILES string of the molecule is CN(C(=O)O)C(=NC(=O)OC(C)(C)C)NCc1cccc2ccccc12. The first-order chi connectivity index (χ1) is 12.2. The zero-order chi connectivity index (χ0) is 19.3. The number of fused-ring (bicyclic) bond motifs is 1. The molecule has 0 aliphatic rings. The highest BCUT2D eigenvalue weighted by Crippen LogP contribution is 2.18. The molecule has 0 bridgehead atoms. The maximum Gasteiger partial charge on any atom is 0.437 e. The predicted octanol–water partition coefficient (Wildman–Crippen LogP) is 3.83. The van der Waals surface area contributed by atoms with Crippen molar-refractivity contribution in [3.8, 4) is 0 Å². The molecule has 0 spiro atoms. The molecule has 2 aromatic rings. The van der Waals surface area contributed by atoms with Gasteiger partial charge in [-0.05, 0) is 37.1 Å². The number of carbonyl (C=O) groups is 2. The lowest BCUT2D eigenvalue weighted by Gasteiger charge is -2.20. The first-order valence-electron chi connectivity index (χ1n) is 8.16. The van der Waals surface area contributed by atoms with Crippen LogP contribution in [0, 0.1) is 0 Å². The molecule has 0 radical (unpaired) electrons. The number of hydrogen-bond donors (Lipinski definition) is 2. The van der Waals surface area contributed by atoms with Crippen LogP contribution in [0.4, 0.5) is 9.59 Å². The minimum atomic E-state index is -1.24. The van der Waals surface area contributed by atoms with Crippen LogP contribution in [0.1, 0.15) is 26.3 Å². The fourth-order valence-corrected chi connectivity index (χ4v) is 2.32. The summed E-state index contributed by atoms with van der Waals surface area (Å²) in [4.78, 5) is 27.8. The number of aliphatic imine (C=N–C) groups is 1. The van der Waals surface area contributed by atoms with Crippen molar-refractivity contribution in [1.82, 2.24) is 10.2 Å². The topological polar surface area (TPSA) is 91.2 Å². The summed E-state index contributed by atoms with van der Waals surface area (Å²) in [5.74, 6) is -0.0975. The zero-order valence-electron chi connectivity index (χ0n) is 15.3. The molecule has 26 heavy (non-hydrogen) atoms. The third-order valence-electron chi connectivity index (χ3n) is 3.51. The van der Waals surface area contributed by atoms with E-state index in [4.69, 9.17) is 4.74 Å². The lowest BCUT2D eigenvalue weighted by molar-refractivity contribution is 0.0602. The minimum Gasteiger partial charge on any atom is -0.465 e. The van der Waals surface area contributed by atoms with Crippen LogP contribution in [-0.2, 0) is 11.3 Å². The molecule has 7 heteroatoms. The Morgan fingerprint density at radius 1 is 1.15 bits per heavy atom. The number of carboxylic acid groups (broad SMARTS) is 1. The number of carbonyl (C=O) groups excluding carboxylic acids is 1. The minimum absolute atomic E-state index is 0.0975. The van der Waals surface area contributed by atoms with E-state index in [0.29, 0.717) is 6.54 Å². The van der Waals surface area contributed by atoms with E-state index in [1.54, 1.807) is 20.8 Å². The molecule has 2 aromatic carbocycles. The Kier molecular flexibility index (Phi) is 5.82. The van der Waals surface area contributed by atoms with Gasteiger partial charge < -0.3 is 15.2 Å². The number of nitrogens with zero attached hydrogens (tertiary/aromatic N) is 2. The Morgan fingerprint density at radius 3 is 2.46 bits per heavy atom. The van der Waals surface area contributed by atoms with Gasteiger partial charge >= 0.3 is 12.2 Å². The van der Waals surface area contributed by atoms with Crippen LogP contribution in [0.15, 0.2) is 47.5 Å². The van der Waals surface area contributed by atoms with Gasteiger partial charge in [0.2, 0.25) is 5.96 Å².